The zero-order valence-corrected chi connectivity index (χ0v) is 13.1. The number of nitrogens with zero attached hydrogens (tertiary/aromatic N) is 3. The van der Waals surface area contributed by atoms with Gasteiger partial charge in [-0.25, -0.2) is 0 Å². The lowest BCUT2D eigenvalue weighted by Gasteiger charge is -2.28. The van der Waals surface area contributed by atoms with Gasteiger partial charge in [0.15, 0.2) is 0 Å². The topological polar surface area (TPSA) is 69.0 Å². The molecule has 1 N–H and O–H groups in total. The molecular weight excluding hydrogens is 264 g/mol. The van der Waals surface area contributed by atoms with Crippen molar-refractivity contribution in [3.8, 4) is 6.07 Å². The van der Waals surface area contributed by atoms with Crippen LogP contribution in [0.2, 0.25) is 0 Å². The number of carbonyl (C=O) groups excluding carboxylic acids is 1. The second-order valence-corrected chi connectivity index (χ2v) is 6.28. The van der Waals surface area contributed by atoms with Crippen LogP contribution < -0.4 is 5.32 Å². The first kappa shape index (κ1) is 17.1. The summed E-state index contributed by atoms with van der Waals surface area (Å²) in [5, 5.41) is 11.6. The molecule has 0 saturated heterocycles. The molecule has 1 aromatic rings. The molecule has 0 bridgehead atoms. The Hall–Kier alpha value is -1.93. The van der Waals surface area contributed by atoms with Crippen molar-refractivity contribution >= 4 is 5.91 Å². The number of pyridine rings is 1. The minimum atomic E-state index is -0.0390. The van der Waals surface area contributed by atoms with Crippen molar-refractivity contribution < 1.29 is 4.79 Å². The van der Waals surface area contributed by atoms with E-state index >= 15 is 0 Å². The van der Waals surface area contributed by atoms with E-state index in [-0.39, 0.29) is 11.3 Å². The highest BCUT2D eigenvalue weighted by Gasteiger charge is 2.18. The van der Waals surface area contributed by atoms with Gasteiger partial charge in [-0.1, -0.05) is 26.8 Å². The van der Waals surface area contributed by atoms with Crippen molar-refractivity contribution in [2.24, 2.45) is 5.41 Å². The van der Waals surface area contributed by atoms with Crippen molar-refractivity contribution in [2.45, 2.75) is 33.7 Å². The molecule has 0 aliphatic rings. The van der Waals surface area contributed by atoms with Crippen LogP contribution in [0.5, 0.6) is 0 Å². The molecule has 1 heterocycles. The minimum absolute atomic E-state index is 0.0390. The molecular formula is C16H24N4O. The molecule has 0 unspecified atom stereocenters. The molecule has 114 valence electrons. The molecule has 5 nitrogen and oxygen atoms in total. The van der Waals surface area contributed by atoms with E-state index in [1.54, 1.807) is 6.20 Å². The second kappa shape index (κ2) is 8.38. The molecule has 21 heavy (non-hydrogen) atoms. The van der Waals surface area contributed by atoms with Gasteiger partial charge in [0.2, 0.25) is 5.91 Å². The van der Waals surface area contributed by atoms with Gasteiger partial charge in [0.1, 0.15) is 0 Å². The first-order valence-corrected chi connectivity index (χ1v) is 7.16. The van der Waals surface area contributed by atoms with Gasteiger partial charge in [0, 0.05) is 25.7 Å². The second-order valence-electron chi connectivity index (χ2n) is 6.28. The molecule has 0 saturated carbocycles. The van der Waals surface area contributed by atoms with Crippen molar-refractivity contribution in [1.29, 1.82) is 5.26 Å². The van der Waals surface area contributed by atoms with Crippen LogP contribution in [0.25, 0.3) is 0 Å². The minimum Gasteiger partial charge on any atom is -0.349 e. The lowest BCUT2D eigenvalue weighted by atomic mass is 9.96. The van der Waals surface area contributed by atoms with Crippen LogP contribution in [-0.4, -0.2) is 35.4 Å². The summed E-state index contributed by atoms with van der Waals surface area (Å²) in [6.07, 6.45) is 2.14. The molecule has 1 amide bonds. The maximum atomic E-state index is 12.0. The molecule has 0 aromatic carbocycles. The van der Waals surface area contributed by atoms with E-state index in [0.717, 1.165) is 12.2 Å². The van der Waals surface area contributed by atoms with Gasteiger partial charge < -0.3 is 5.32 Å². The van der Waals surface area contributed by atoms with E-state index < -0.39 is 0 Å². The Labute approximate surface area is 127 Å². The highest BCUT2D eigenvalue weighted by Crippen LogP contribution is 2.15. The molecule has 1 aromatic heterocycles. The van der Waals surface area contributed by atoms with Crippen molar-refractivity contribution in [3.63, 3.8) is 0 Å². The SMILES string of the molecule is CC(C)(C)CN(CCC#N)CC(=O)NCc1ccccn1. The highest BCUT2D eigenvalue weighted by atomic mass is 16.2. The van der Waals surface area contributed by atoms with Crippen molar-refractivity contribution in [2.75, 3.05) is 19.6 Å². The fraction of sp³-hybridized carbons (Fsp3) is 0.562. The number of rotatable bonds is 7. The number of nitriles is 1. The van der Waals surface area contributed by atoms with Crippen LogP contribution in [-0.2, 0) is 11.3 Å². The average molecular weight is 288 g/mol. The Bertz CT molecular complexity index is 473. The maximum Gasteiger partial charge on any atom is 0.234 e. The van der Waals surface area contributed by atoms with Gasteiger partial charge in [-0.3, -0.25) is 14.7 Å². The predicted octanol–water partition coefficient (Wildman–Crippen LogP) is 1.96. The van der Waals surface area contributed by atoms with Crippen LogP contribution >= 0.6 is 0 Å². The number of aromatic nitrogens is 1. The number of amides is 1. The number of nitrogens with one attached hydrogen (secondary N) is 1. The summed E-state index contributed by atoms with van der Waals surface area (Å²) in [5.41, 5.74) is 0.932. The predicted molar refractivity (Wildman–Crippen MR) is 82.2 cm³/mol. The molecule has 0 atom stereocenters. The Kier molecular flexibility index (Phi) is 6.83. The molecule has 0 aliphatic carbocycles. The van der Waals surface area contributed by atoms with E-state index in [2.05, 4.69) is 37.1 Å². The Morgan fingerprint density at radius 3 is 2.76 bits per heavy atom. The molecule has 0 fully saturated rings. The summed E-state index contributed by atoms with van der Waals surface area (Å²) in [7, 11) is 0. The molecule has 0 radical (unpaired) electrons. The normalized spacial score (nSPS) is 11.2. The third kappa shape index (κ3) is 8.05. The highest BCUT2D eigenvalue weighted by molar-refractivity contribution is 5.77. The zero-order chi connectivity index (χ0) is 15.7. The summed E-state index contributed by atoms with van der Waals surface area (Å²) in [4.78, 5) is 18.2. The van der Waals surface area contributed by atoms with Crippen molar-refractivity contribution in [1.82, 2.24) is 15.2 Å². The van der Waals surface area contributed by atoms with Gasteiger partial charge in [-0.15, -0.1) is 0 Å². The molecule has 0 spiro atoms. The third-order valence-corrected chi connectivity index (χ3v) is 2.80. The van der Waals surface area contributed by atoms with Gasteiger partial charge in [-0.05, 0) is 17.5 Å². The molecule has 1 rings (SSSR count). The maximum absolute atomic E-state index is 12.0. The van der Waals surface area contributed by atoms with Crippen LogP contribution in [0, 0.1) is 16.7 Å². The van der Waals surface area contributed by atoms with Crippen LogP contribution in [0.1, 0.15) is 32.9 Å². The van der Waals surface area contributed by atoms with Crippen LogP contribution in [0.3, 0.4) is 0 Å². The standard InChI is InChI=1S/C16H24N4O/c1-16(2,3)13-20(10-6-8-17)12-15(21)19-11-14-7-4-5-9-18-14/h4-5,7,9H,6,10-13H2,1-3H3,(H,19,21). The summed E-state index contributed by atoms with van der Waals surface area (Å²) in [6.45, 7) is 8.51. The van der Waals surface area contributed by atoms with E-state index in [0.29, 0.717) is 26.1 Å². The number of carbonyl (C=O) groups is 1. The van der Waals surface area contributed by atoms with E-state index in [1.807, 2.05) is 23.1 Å². The zero-order valence-electron chi connectivity index (χ0n) is 13.1. The van der Waals surface area contributed by atoms with Gasteiger partial charge in [0.05, 0.1) is 24.9 Å². The fourth-order valence-corrected chi connectivity index (χ4v) is 2.04. The molecule has 5 heteroatoms. The third-order valence-electron chi connectivity index (χ3n) is 2.80. The monoisotopic (exact) mass is 288 g/mol. The smallest absolute Gasteiger partial charge is 0.234 e. The Morgan fingerprint density at radius 2 is 2.19 bits per heavy atom. The largest absolute Gasteiger partial charge is 0.349 e. The Morgan fingerprint density at radius 1 is 1.43 bits per heavy atom. The number of hydrogen-bond acceptors (Lipinski definition) is 4. The summed E-state index contributed by atoms with van der Waals surface area (Å²) < 4.78 is 0. The van der Waals surface area contributed by atoms with Crippen LogP contribution in [0.15, 0.2) is 24.4 Å². The lowest BCUT2D eigenvalue weighted by Crippen LogP contribution is -2.41. The summed E-state index contributed by atoms with van der Waals surface area (Å²) >= 11 is 0. The average Bonchev–Trinajstić information content (AvgIpc) is 2.42. The molecule has 0 aliphatic heterocycles. The van der Waals surface area contributed by atoms with Crippen LogP contribution in [0.4, 0.5) is 0 Å². The number of hydrogen-bond donors (Lipinski definition) is 1. The summed E-state index contributed by atoms with van der Waals surface area (Å²) in [6, 6.07) is 7.75. The van der Waals surface area contributed by atoms with E-state index in [1.165, 1.54) is 0 Å². The summed E-state index contributed by atoms with van der Waals surface area (Å²) in [5.74, 6) is -0.0390. The lowest BCUT2D eigenvalue weighted by molar-refractivity contribution is -0.122. The Balaban J connectivity index is 2.45. The van der Waals surface area contributed by atoms with Gasteiger partial charge >= 0.3 is 0 Å². The van der Waals surface area contributed by atoms with E-state index in [4.69, 9.17) is 5.26 Å². The quantitative estimate of drug-likeness (QED) is 0.832. The fourth-order valence-electron chi connectivity index (χ4n) is 2.04. The van der Waals surface area contributed by atoms with E-state index in [9.17, 15) is 4.79 Å². The first-order valence-electron chi connectivity index (χ1n) is 7.16. The van der Waals surface area contributed by atoms with Gasteiger partial charge in [0.25, 0.3) is 0 Å². The van der Waals surface area contributed by atoms with Gasteiger partial charge in [-0.2, -0.15) is 5.26 Å². The van der Waals surface area contributed by atoms with Crippen molar-refractivity contribution in [3.05, 3.63) is 30.1 Å². The first-order chi connectivity index (χ1) is 9.90.